The summed E-state index contributed by atoms with van der Waals surface area (Å²) in [6, 6.07) is 14.9. The first-order valence-electron chi connectivity index (χ1n) is 14.4. The van der Waals surface area contributed by atoms with Crippen molar-refractivity contribution >= 4 is 21.8 Å². The Hall–Kier alpha value is -3.74. The molecule has 0 radical (unpaired) electrons. The Labute approximate surface area is 258 Å². The minimum atomic E-state index is -4.33. The molecule has 1 N–H and O–H groups in total. The van der Waals surface area contributed by atoms with Crippen LogP contribution >= 0.6 is 0 Å². The Morgan fingerprint density at radius 1 is 1.07 bits per heavy atom. The number of ketones is 1. The highest BCUT2D eigenvalue weighted by molar-refractivity contribution is 7.85. The predicted octanol–water partition coefficient (Wildman–Crippen LogP) is 4.44. The van der Waals surface area contributed by atoms with E-state index in [1.54, 1.807) is 36.5 Å². The zero-order valence-electron chi connectivity index (χ0n) is 25.7. The Kier molecular flexibility index (Phi) is 9.57. The normalized spacial score (nSPS) is 20.5. The van der Waals surface area contributed by atoms with E-state index in [1.807, 2.05) is 26.0 Å². The van der Waals surface area contributed by atoms with Gasteiger partial charge in [0.2, 0.25) is 5.82 Å². The van der Waals surface area contributed by atoms with E-state index in [1.165, 1.54) is 12.1 Å². The monoisotopic (exact) mass is 626 g/mol. The molecule has 3 aromatic rings. The minimum absolute atomic E-state index is 0.0248. The number of nitrogens with zero attached hydrogens (tertiary/aromatic N) is 3. The SMILES string of the molecule is CC1(C)C2CCC1(CS(=O)(=O)[O-])C(=O)C2.C[N+](C)(C)CCNC(=O)c1nccc(-c2ccc(Oc3ccc(F)cc3)cc2)n1. The van der Waals surface area contributed by atoms with Crippen molar-refractivity contribution < 1.29 is 36.2 Å². The maximum atomic E-state index is 13.0. The lowest BCUT2D eigenvalue weighted by Gasteiger charge is -2.37. The standard InChI is InChI=1S/C22H23FN4O2.C10H16O4S/c1-27(2,3)15-14-25-22(28)21-24-13-12-20(26-21)16-4-8-18(9-5-16)29-19-10-6-17(23)7-11-19;1-9(2)7-3-4-10(9,8(11)5-7)6-15(12,13)14/h4-13H,14-15H2,1-3H3;7H,3-6H2,1-2H3,(H,12,13,14). The van der Waals surface area contributed by atoms with Crippen molar-refractivity contribution in [3.8, 4) is 22.8 Å². The van der Waals surface area contributed by atoms with Crippen LogP contribution in [0, 0.1) is 22.6 Å². The summed E-state index contributed by atoms with van der Waals surface area (Å²) in [5, 5.41) is 2.85. The molecule has 1 heterocycles. The van der Waals surface area contributed by atoms with E-state index in [4.69, 9.17) is 4.74 Å². The Morgan fingerprint density at radius 3 is 2.20 bits per heavy atom. The van der Waals surface area contributed by atoms with Gasteiger partial charge in [-0.05, 0) is 78.8 Å². The first-order chi connectivity index (χ1) is 20.5. The van der Waals surface area contributed by atoms with E-state index < -0.39 is 21.3 Å². The van der Waals surface area contributed by atoms with Gasteiger partial charge < -0.3 is 19.1 Å². The Balaban J connectivity index is 0.000000246. The number of rotatable bonds is 9. The first kappa shape index (κ1) is 33.2. The van der Waals surface area contributed by atoms with Gasteiger partial charge in [0.25, 0.3) is 5.91 Å². The molecule has 1 amide bonds. The number of nitrogens with one attached hydrogen (secondary N) is 1. The third kappa shape index (κ3) is 7.85. The maximum Gasteiger partial charge on any atom is 0.289 e. The highest BCUT2D eigenvalue weighted by Gasteiger charge is 2.64. The van der Waals surface area contributed by atoms with Crippen molar-refractivity contribution in [3.63, 3.8) is 0 Å². The lowest BCUT2D eigenvalue weighted by Crippen LogP contribution is -2.42. The third-order valence-electron chi connectivity index (χ3n) is 8.69. The van der Waals surface area contributed by atoms with Gasteiger partial charge in [0.15, 0.2) is 0 Å². The number of quaternary nitrogens is 1. The molecule has 236 valence electrons. The van der Waals surface area contributed by atoms with Crippen molar-refractivity contribution in [1.29, 1.82) is 0 Å². The zero-order valence-corrected chi connectivity index (χ0v) is 26.5. The Bertz CT molecular complexity index is 1600. The number of carbonyl (C=O) groups excluding carboxylic acids is 2. The molecule has 2 unspecified atom stereocenters. The molecule has 2 fully saturated rings. The van der Waals surface area contributed by atoms with Crippen molar-refractivity contribution in [2.75, 3.05) is 40.0 Å². The maximum absolute atomic E-state index is 13.0. The molecule has 2 bridgehead atoms. The number of Topliss-reactive ketones (excluding diaryl/α,β-unsaturated/α-hetero) is 1. The van der Waals surface area contributed by atoms with Crippen LogP contribution in [0.25, 0.3) is 11.3 Å². The first-order valence-corrected chi connectivity index (χ1v) is 16.0. The number of likely N-dealkylation sites (N-methyl/N-ethyl adjacent to an activating group) is 1. The molecule has 2 saturated carbocycles. The fraction of sp³-hybridized carbons (Fsp3) is 0.438. The molecule has 44 heavy (non-hydrogen) atoms. The molecule has 0 aliphatic heterocycles. The quantitative estimate of drug-likeness (QED) is 0.272. The Morgan fingerprint density at radius 2 is 1.68 bits per heavy atom. The third-order valence-corrected chi connectivity index (χ3v) is 9.53. The second-order valence-electron chi connectivity index (χ2n) is 13.0. The molecule has 0 saturated heterocycles. The lowest BCUT2D eigenvalue weighted by atomic mass is 9.70. The average molecular weight is 627 g/mol. The van der Waals surface area contributed by atoms with E-state index in [2.05, 4.69) is 36.4 Å². The summed E-state index contributed by atoms with van der Waals surface area (Å²) >= 11 is 0. The van der Waals surface area contributed by atoms with Gasteiger partial charge in [-0.3, -0.25) is 9.59 Å². The van der Waals surface area contributed by atoms with Crippen LogP contribution in [0.15, 0.2) is 60.8 Å². The van der Waals surface area contributed by atoms with Crippen molar-refractivity contribution in [2.45, 2.75) is 33.1 Å². The van der Waals surface area contributed by atoms with Crippen LogP contribution in [-0.4, -0.2) is 79.1 Å². The van der Waals surface area contributed by atoms with E-state index in [-0.39, 0.29) is 34.7 Å². The summed E-state index contributed by atoms with van der Waals surface area (Å²) in [5.74, 6) is 0.417. The summed E-state index contributed by atoms with van der Waals surface area (Å²) in [6.07, 6.45) is 3.45. The van der Waals surface area contributed by atoms with Gasteiger partial charge in [-0.15, -0.1) is 0 Å². The lowest BCUT2D eigenvalue weighted by molar-refractivity contribution is -0.869. The van der Waals surface area contributed by atoms with Crippen LogP contribution in [0.4, 0.5) is 4.39 Å². The van der Waals surface area contributed by atoms with Crippen LogP contribution in [0.3, 0.4) is 0 Å². The van der Waals surface area contributed by atoms with E-state index in [9.17, 15) is 27.0 Å². The summed E-state index contributed by atoms with van der Waals surface area (Å²) in [4.78, 5) is 32.6. The number of ether oxygens (including phenoxy) is 1. The molecule has 2 aromatic carbocycles. The molecule has 5 rings (SSSR count). The number of halogens is 1. The number of hydrogen-bond acceptors (Lipinski definition) is 8. The van der Waals surface area contributed by atoms with Gasteiger partial charge in [0, 0.05) is 23.6 Å². The fourth-order valence-electron chi connectivity index (χ4n) is 5.96. The van der Waals surface area contributed by atoms with E-state index >= 15 is 0 Å². The highest BCUT2D eigenvalue weighted by Crippen LogP contribution is 2.64. The van der Waals surface area contributed by atoms with Gasteiger partial charge in [0.05, 0.1) is 55.8 Å². The molecule has 2 aliphatic carbocycles. The number of amides is 1. The van der Waals surface area contributed by atoms with Crippen LogP contribution < -0.4 is 10.1 Å². The van der Waals surface area contributed by atoms with Gasteiger partial charge in [-0.25, -0.2) is 22.8 Å². The highest BCUT2D eigenvalue weighted by atomic mass is 32.2. The predicted molar refractivity (Wildman–Crippen MR) is 162 cm³/mol. The number of benzene rings is 2. The van der Waals surface area contributed by atoms with Gasteiger partial charge in [-0.1, -0.05) is 13.8 Å². The van der Waals surface area contributed by atoms with Gasteiger partial charge in [0.1, 0.15) is 23.1 Å². The molecule has 0 spiro atoms. The summed E-state index contributed by atoms with van der Waals surface area (Å²) < 4.78 is 52.1. The number of carbonyl (C=O) groups is 2. The molecule has 2 aliphatic rings. The molecule has 2 atom stereocenters. The van der Waals surface area contributed by atoms with Crippen LogP contribution in [0.2, 0.25) is 0 Å². The second-order valence-corrected chi connectivity index (χ2v) is 14.4. The number of fused-ring (bicyclic) bond motifs is 2. The summed E-state index contributed by atoms with van der Waals surface area (Å²) in [5.41, 5.74) is 0.254. The topological polar surface area (TPSA) is 138 Å². The van der Waals surface area contributed by atoms with E-state index in [0.717, 1.165) is 23.0 Å². The molecule has 10 nitrogen and oxygen atoms in total. The van der Waals surface area contributed by atoms with Crippen LogP contribution in [-0.2, 0) is 14.9 Å². The number of aromatic nitrogens is 2. The fourth-order valence-corrected chi connectivity index (χ4v) is 7.24. The summed E-state index contributed by atoms with van der Waals surface area (Å²) in [7, 11) is 1.86. The molecule has 12 heteroatoms. The average Bonchev–Trinajstić information content (AvgIpc) is 3.28. The van der Waals surface area contributed by atoms with Crippen molar-refractivity contribution in [1.82, 2.24) is 15.3 Å². The van der Waals surface area contributed by atoms with Gasteiger partial charge in [-0.2, -0.15) is 0 Å². The number of hydrogen-bond donors (Lipinski definition) is 1. The minimum Gasteiger partial charge on any atom is -0.748 e. The molecular weight excluding hydrogens is 587 g/mol. The van der Waals surface area contributed by atoms with Crippen molar-refractivity contribution in [2.24, 2.45) is 16.7 Å². The molecule has 1 aromatic heterocycles. The van der Waals surface area contributed by atoms with Crippen LogP contribution in [0.5, 0.6) is 11.5 Å². The zero-order chi connectivity index (χ0) is 32.3. The van der Waals surface area contributed by atoms with Gasteiger partial charge >= 0.3 is 0 Å². The van der Waals surface area contributed by atoms with Crippen LogP contribution in [0.1, 0.15) is 43.7 Å². The van der Waals surface area contributed by atoms with E-state index in [0.29, 0.717) is 36.6 Å². The smallest absolute Gasteiger partial charge is 0.289 e. The second kappa shape index (κ2) is 12.7. The van der Waals surface area contributed by atoms with Crippen molar-refractivity contribution in [3.05, 3.63) is 72.4 Å². The molecular formula is C32H39FN4O6S. The summed E-state index contributed by atoms with van der Waals surface area (Å²) in [6.45, 7) is 5.19. The largest absolute Gasteiger partial charge is 0.748 e.